The van der Waals surface area contributed by atoms with Crippen molar-refractivity contribution in [1.29, 1.82) is 0 Å². The molecule has 37 heavy (non-hydrogen) atoms. The van der Waals surface area contributed by atoms with Gasteiger partial charge in [-0.3, -0.25) is 9.29 Å². The van der Waals surface area contributed by atoms with Crippen molar-refractivity contribution >= 4 is 11.7 Å². The number of nitrogens with zero attached hydrogens (tertiary/aromatic N) is 2. The van der Waals surface area contributed by atoms with Gasteiger partial charge >= 0.3 is 5.97 Å². The lowest BCUT2D eigenvalue weighted by Gasteiger charge is -2.43. The van der Waals surface area contributed by atoms with Crippen molar-refractivity contribution in [2.75, 3.05) is 38.2 Å². The Morgan fingerprint density at radius 3 is 2.51 bits per heavy atom. The van der Waals surface area contributed by atoms with E-state index in [1.54, 1.807) is 6.92 Å². The second-order valence-corrected chi connectivity index (χ2v) is 10.2. The largest absolute Gasteiger partial charge is 0.478 e. The van der Waals surface area contributed by atoms with Gasteiger partial charge in [-0.1, -0.05) is 6.07 Å². The van der Waals surface area contributed by atoms with E-state index >= 15 is 8.78 Å². The summed E-state index contributed by atoms with van der Waals surface area (Å²) in [5.41, 5.74) is 0.894. The number of carboxylic acid groups (broad SMARTS) is 1. The Bertz CT molecular complexity index is 1120. The highest BCUT2D eigenvalue weighted by atomic mass is 19.3. The maximum absolute atomic E-state index is 15.6. The molecule has 0 radical (unpaired) electrons. The zero-order valence-electron chi connectivity index (χ0n) is 20.9. The zero-order valence-corrected chi connectivity index (χ0v) is 20.9. The molecule has 2 N–H and O–H groups in total. The van der Waals surface area contributed by atoms with Gasteiger partial charge in [-0.25, -0.2) is 22.4 Å². The first-order valence-electron chi connectivity index (χ1n) is 12.5. The quantitative estimate of drug-likeness (QED) is 0.424. The molecule has 4 rings (SSSR count). The van der Waals surface area contributed by atoms with Gasteiger partial charge in [0.05, 0.1) is 24.8 Å². The van der Waals surface area contributed by atoms with E-state index < -0.39 is 48.8 Å². The highest BCUT2D eigenvalue weighted by Crippen LogP contribution is 2.42. The van der Waals surface area contributed by atoms with E-state index in [-0.39, 0.29) is 29.3 Å². The minimum Gasteiger partial charge on any atom is -0.478 e. The number of halogens is 5. The summed E-state index contributed by atoms with van der Waals surface area (Å²) >= 11 is 0. The number of likely N-dealkylation sites (tertiary alicyclic amines) is 1. The summed E-state index contributed by atoms with van der Waals surface area (Å²) in [6.07, 6.45) is 1.45. The summed E-state index contributed by atoms with van der Waals surface area (Å²) in [5.74, 6) is -5.99. The fourth-order valence-corrected chi connectivity index (χ4v) is 5.54. The van der Waals surface area contributed by atoms with Gasteiger partial charge in [0.1, 0.15) is 11.6 Å². The molecule has 2 aromatic carbocycles. The van der Waals surface area contributed by atoms with Gasteiger partial charge in [-0.15, -0.1) is 0 Å². The second kappa shape index (κ2) is 10.9. The molecule has 202 valence electrons. The lowest BCUT2D eigenvalue weighted by Crippen LogP contribution is -2.48. The molecule has 2 aromatic rings. The van der Waals surface area contributed by atoms with Crippen molar-refractivity contribution in [3.8, 4) is 0 Å². The first-order valence-corrected chi connectivity index (χ1v) is 12.5. The number of anilines is 1. The molecule has 0 aliphatic carbocycles. The molecule has 3 atom stereocenters. The number of rotatable bonds is 9. The molecule has 2 aliphatic rings. The Labute approximate surface area is 213 Å². The first kappa shape index (κ1) is 27.3. The number of hydrogen-bond acceptors (Lipinski definition) is 4. The highest BCUT2D eigenvalue weighted by Gasteiger charge is 2.40. The van der Waals surface area contributed by atoms with Crippen LogP contribution in [0.1, 0.15) is 59.8 Å². The van der Waals surface area contributed by atoms with Crippen LogP contribution in [0.4, 0.5) is 27.6 Å². The van der Waals surface area contributed by atoms with E-state index in [0.29, 0.717) is 30.6 Å². The Balaban J connectivity index is 1.68. The van der Waals surface area contributed by atoms with Crippen molar-refractivity contribution in [2.24, 2.45) is 0 Å². The number of carboxylic acids is 1. The van der Waals surface area contributed by atoms with E-state index in [4.69, 9.17) is 0 Å². The van der Waals surface area contributed by atoms with Crippen molar-refractivity contribution in [3.05, 3.63) is 64.2 Å². The molecule has 10 heteroatoms. The Morgan fingerprint density at radius 1 is 1.19 bits per heavy atom. The molecular weight excluding hydrogens is 493 g/mol. The summed E-state index contributed by atoms with van der Waals surface area (Å²) in [6.45, 7) is 3.35. The zero-order chi connectivity index (χ0) is 26.9. The fourth-order valence-electron chi connectivity index (χ4n) is 5.54. The van der Waals surface area contributed by atoms with Crippen LogP contribution in [-0.4, -0.2) is 71.7 Å². The van der Waals surface area contributed by atoms with Crippen molar-refractivity contribution in [2.45, 2.75) is 57.2 Å². The number of fused-ring (bicyclic) bond motifs is 1. The van der Waals surface area contributed by atoms with E-state index in [9.17, 15) is 23.1 Å². The maximum Gasteiger partial charge on any atom is 0.335 e. The monoisotopic (exact) mass is 525 g/mol. The number of benzene rings is 2. The summed E-state index contributed by atoms with van der Waals surface area (Å²) in [7, 11) is 0. The Kier molecular flexibility index (Phi) is 8.08. The fraction of sp³-hybridized carbons (Fsp3) is 0.519. The van der Waals surface area contributed by atoms with Crippen LogP contribution in [0.5, 0.6) is 0 Å². The molecule has 1 unspecified atom stereocenters. The maximum atomic E-state index is 15.6. The topological polar surface area (TPSA) is 55.8 Å². The van der Waals surface area contributed by atoms with Gasteiger partial charge in [0.25, 0.3) is 5.92 Å². The van der Waals surface area contributed by atoms with Gasteiger partial charge in [-0.05, 0) is 61.6 Å². The lowest BCUT2D eigenvalue weighted by molar-refractivity contribution is -0.0371. The van der Waals surface area contributed by atoms with E-state index in [1.165, 1.54) is 35.2 Å². The van der Waals surface area contributed by atoms with Crippen LogP contribution in [0, 0.1) is 11.6 Å². The van der Waals surface area contributed by atoms with Crippen LogP contribution in [0.15, 0.2) is 30.3 Å². The van der Waals surface area contributed by atoms with Crippen molar-refractivity contribution in [3.63, 3.8) is 0 Å². The van der Waals surface area contributed by atoms with Gasteiger partial charge in [0.15, 0.2) is 0 Å². The van der Waals surface area contributed by atoms with Crippen molar-refractivity contribution < 1.29 is 31.9 Å². The van der Waals surface area contributed by atoms with Gasteiger partial charge in [-0.2, -0.15) is 0 Å². The molecule has 5 nitrogen and oxygen atoms in total. The number of nitrogens with one attached hydrogen (secondary N) is 1. The second-order valence-electron chi connectivity index (χ2n) is 10.2. The lowest BCUT2D eigenvalue weighted by atomic mass is 9.83. The average Bonchev–Trinajstić information content (AvgIpc) is 3.25. The third-order valence-corrected chi connectivity index (χ3v) is 7.16. The summed E-state index contributed by atoms with van der Waals surface area (Å²) in [4.78, 5) is 15.0. The van der Waals surface area contributed by atoms with Crippen LogP contribution in [0.25, 0.3) is 0 Å². The predicted molar refractivity (Wildman–Crippen MR) is 131 cm³/mol. The van der Waals surface area contributed by atoms with Crippen LogP contribution < -0.4 is 5.32 Å². The number of aromatic carboxylic acids is 1. The normalized spacial score (nSPS) is 22.7. The van der Waals surface area contributed by atoms with E-state index in [0.717, 1.165) is 19.9 Å². The Hall–Kier alpha value is -2.72. The molecule has 0 spiro atoms. The third kappa shape index (κ3) is 6.23. The molecule has 2 aliphatic heterocycles. The SMILES string of the molecule is C[C@@H]1Cc2cc(C(=O)O)ccc2[C@@H](c2c(F)cc(NC3CCN(CCCF)C3)cc2F)N1CC(C)(F)F. The average molecular weight is 526 g/mol. The first-order chi connectivity index (χ1) is 17.5. The minimum atomic E-state index is -3.12. The molecular formula is C27H32F5N3O2. The summed E-state index contributed by atoms with van der Waals surface area (Å²) < 4.78 is 72.0. The molecule has 2 heterocycles. The van der Waals surface area contributed by atoms with Gasteiger partial charge < -0.3 is 15.3 Å². The number of alkyl halides is 3. The standard InChI is InChI=1S/C27H32F5N3O2/c1-16-10-18-11-17(26(36)37)4-5-21(18)25(35(16)15-27(2,31)32)24-22(29)12-20(13-23(24)30)33-19-6-9-34(14-19)8-3-7-28/h4-5,11-13,16,19,25,33H,3,6-10,14-15H2,1-2H3,(H,36,37)/t16-,19?,25+/m1/s1. The molecule has 0 bridgehead atoms. The molecule has 0 saturated carbocycles. The van der Waals surface area contributed by atoms with E-state index in [1.807, 2.05) is 0 Å². The Morgan fingerprint density at radius 2 is 1.89 bits per heavy atom. The smallest absolute Gasteiger partial charge is 0.335 e. The third-order valence-electron chi connectivity index (χ3n) is 7.16. The number of carbonyl (C=O) groups is 1. The highest BCUT2D eigenvalue weighted by molar-refractivity contribution is 5.88. The van der Waals surface area contributed by atoms with Gasteiger partial charge in [0, 0.05) is 49.9 Å². The van der Waals surface area contributed by atoms with Crippen LogP contribution in [-0.2, 0) is 6.42 Å². The molecule has 1 saturated heterocycles. The van der Waals surface area contributed by atoms with E-state index in [2.05, 4.69) is 10.2 Å². The number of hydrogen-bond donors (Lipinski definition) is 2. The van der Waals surface area contributed by atoms with Crippen LogP contribution >= 0.6 is 0 Å². The van der Waals surface area contributed by atoms with Gasteiger partial charge in [0.2, 0.25) is 0 Å². The molecule has 1 fully saturated rings. The molecule has 0 amide bonds. The summed E-state index contributed by atoms with van der Waals surface area (Å²) in [6, 6.07) is 4.87. The van der Waals surface area contributed by atoms with Crippen LogP contribution in [0.3, 0.4) is 0 Å². The predicted octanol–water partition coefficient (Wildman–Crippen LogP) is 5.50. The molecule has 0 aromatic heterocycles. The van der Waals surface area contributed by atoms with Crippen LogP contribution in [0.2, 0.25) is 0 Å². The van der Waals surface area contributed by atoms with Crippen molar-refractivity contribution in [1.82, 2.24) is 9.80 Å². The minimum absolute atomic E-state index is 0.0246. The summed E-state index contributed by atoms with van der Waals surface area (Å²) in [5, 5.41) is 12.5.